The minimum Gasteiger partial charge on any atom is -0.387 e. The van der Waals surface area contributed by atoms with Crippen LogP contribution in [0, 0.1) is 12.8 Å². The van der Waals surface area contributed by atoms with Crippen molar-refractivity contribution >= 4 is 12.6 Å². The molecule has 0 aromatic heterocycles. The van der Waals surface area contributed by atoms with E-state index in [1.165, 1.54) is 0 Å². The van der Waals surface area contributed by atoms with Crippen molar-refractivity contribution in [3.63, 3.8) is 0 Å². The summed E-state index contributed by atoms with van der Waals surface area (Å²) in [6.45, 7) is 1.92. The van der Waals surface area contributed by atoms with Crippen molar-refractivity contribution in [2.75, 3.05) is 0 Å². The number of hydrogen-bond acceptors (Lipinski definition) is 3. The van der Waals surface area contributed by atoms with Gasteiger partial charge in [-0.3, -0.25) is 0 Å². The van der Waals surface area contributed by atoms with E-state index in [1.807, 2.05) is 19.1 Å². The molecule has 0 aliphatic carbocycles. The molecule has 3 nitrogen and oxygen atoms in total. The van der Waals surface area contributed by atoms with Gasteiger partial charge in [0.15, 0.2) is 0 Å². The fourth-order valence-electron chi connectivity index (χ4n) is 1.17. The van der Waals surface area contributed by atoms with Crippen molar-refractivity contribution in [3.05, 3.63) is 35.4 Å². The molecular formula is C11H12O3. The molecule has 1 rings (SSSR count). The maximum absolute atomic E-state index is 10.4. The predicted octanol–water partition coefficient (Wildman–Crippen LogP) is 1.04. The molecule has 0 amide bonds. The van der Waals surface area contributed by atoms with Crippen LogP contribution < -0.4 is 0 Å². The van der Waals surface area contributed by atoms with Gasteiger partial charge in [0.2, 0.25) is 0 Å². The number of rotatable bonds is 4. The summed E-state index contributed by atoms with van der Waals surface area (Å²) in [7, 11) is 0. The molecule has 0 spiro atoms. The van der Waals surface area contributed by atoms with Crippen LogP contribution in [-0.4, -0.2) is 17.7 Å². The molecule has 1 aromatic carbocycles. The fourth-order valence-corrected chi connectivity index (χ4v) is 1.17. The lowest BCUT2D eigenvalue weighted by Crippen LogP contribution is -2.15. The Hall–Kier alpha value is -1.48. The lowest BCUT2D eigenvalue weighted by molar-refractivity contribution is -0.123. The van der Waals surface area contributed by atoms with Gasteiger partial charge < -0.3 is 14.7 Å². The van der Waals surface area contributed by atoms with Crippen LogP contribution in [0.3, 0.4) is 0 Å². The molecule has 0 saturated heterocycles. The number of benzene rings is 1. The molecule has 0 heterocycles. The maximum atomic E-state index is 10.4. The molecule has 0 aliphatic heterocycles. The summed E-state index contributed by atoms with van der Waals surface area (Å²) < 4.78 is 0. The summed E-state index contributed by atoms with van der Waals surface area (Å²) >= 11 is 0. The van der Waals surface area contributed by atoms with Crippen LogP contribution in [0.4, 0.5) is 0 Å². The number of carbonyl (C=O) groups is 2. The van der Waals surface area contributed by atoms with E-state index in [1.54, 1.807) is 12.1 Å². The van der Waals surface area contributed by atoms with E-state index < -0.39 is 12.0 Å². The molecule has 0 fully saturated rings. The monoisotopic (exact) mass is 192 g/mol. The highest BCUT2D eigenvalue weighted by Gasteiger charge is 2.18. The van der Waals surface area contributed by atoms with Crippen molar-refractivity contribution in [3.8, 4) is 0 Å². The van der Waals surface area contributed by atoms with Gasteiger partial charge in [-0.05, 0) is 12.5 Å². The van der Waals surface area contributed by atoms with Gasteiger partial charge in [-0.25, -0.2) is 0 Å². The summed E-state index contributed by atoms with van der Waals surface area (Å²) in [6, 6.07) is 7.07. The summed E-state index contributed by atoms with van der Waals surface area (Å²) in [5, 5.41) is 9.61. The van der Waals surface area contributed by atoms with Crippen LogP contribution >= 0.6 is 0 Å². The topological polar surface area (TPSA) is 54.4 Å². The quantitative estimate of drug-likeness (QED) is 0.573. The largest absolute Gasteiger partial charge is 0.387 e. The van der Waals surface area contributed by atoms with Crippen molar-refractivity contribution in [2.45, 2.75) is 13.0 Å². The SMILES string of the molecule is Cc1ccc([C@H](O)C(C=O)C=O)cc1. The van der Waals surface area contributed by atoms with Gasteiger partial charge >= 0.3 is 0 Å². The van der Waals surface area contributed by atoms with Crippen molar-refractivity contribution in [1.29, 1.82) is 0 Å². The van der Waals surface area contributed by atoms with Crippen molar-refractivity contribution in [1.82, 2.24) is 0 Å². The third-order valence-electron chi connectivity index (χ3n) is 2.10. The van der Waals surface area contributed by atoms with Gasteiger partial charge in [0.05, 0.1) is 6.10 Å². The van der Waals surface area contributed by atoms with Crippen LogP contribution in [-0.2, 0) is 9.59 Å². The highest BCUT2D eigenvalue weighted by molar-refractivity contribution is 5.78. The average molecular weight is 192 g/mol. The van der Waals surface area contributed by atoms with Crippen LogP contribution in [0.5, 0.6) is 0 Å². The maximum Gasteiger partial charge on any atom is 0.133 e. The fraction of sp³-hybridized carbons (Fsp3) is 0.273. The summed E-state index contributed by atoms with van der Waals surface area (Å²) in [4.78, 5) is 20.9. The first-order valence-electron chi connectivity index (χ1n) is 4.34. The smallest absolute Gasteiger partial charge is 0.133 e. The normalized spacial score (nSPS) is 12.5. The molecule has 0 aliphatic rings. The molecule has 1 atom stereocenters. The predicted molar refractivity (Wildman–Crippen MR) is 51.8 cm³/mol. The number of aldehydes is 2. The third kappa shape index (κ3) is 2.26. The van der Waals surface area contributed by atoms with E-state index in [9.17, 15) is 14.7 Å². The lowest BCUT2D eigenvalue weighted by atomic mass is 9.98. The minimum absolute atomic E-state index is 0.456. The van der Waals surface area contributed by atoms with E-state index in [0.29, 0.717) is 18.1 Å². The van der Waals surface area contributed by atoms with Gasteiger partial charge in [-0.15, -0.1) is 0 Å². The Morgan fingerprint density at radius 1 is 1.14 bits per heavy atom. The van der Waals surface area contributed by atoms with Gasteiger partial charge in [0.1, 0.15) is 18.5 Å². The Bertz CT molecular complexity index is 308. The molecule has 74 valence electrons. The lowest BCUT2D eigenvalue weighted by Gasteiger charge is -2.12. The molecule has 1 aromatic rings. The van der Waals surface area contributed by atoms with E-state index in [4.69, 9.17) is 0 Å². The second kappa shape index (κ2) is 4.67. The Labute approximate surface area is 82.4 Å². The van der Waals surface area contributed by atoms with E-state index in [2.05, 4.69) is 0 Å². The number of aliphatic hydroxyl groups excluding tert-OH is 1. The van der Waals surface area contributed by atoms with E-state index >= 15 is 0 Å². The first kappa shape index (κ1) is 10.6. The highest BCUT2D eigenvalue weighted by Crippen LogP contribution is 2.19. The van der Waals surface area contributed by atoms with Crippen LogP contribution in [0.1, 0.15) is 17.2 Å². The molecule has 0 bridgehead atoms. The summed E-state index contributed by atoms with van der Waals surface area (Å²) in [6.07, 6.45) is -0.125. The molecule has 1 N–H and O–H groups in total. The summed E-state index contributed by atoms with van der Waals surface area (Å²) in [5.74, 6) is -0.974. The molecule has 0 radical (unpaired) electrons. The van der Waals surface area contributed by atoms with E-state index in [-0.39, 0.29) is 0 Å². The Morgan fingerprint density at radius 2 is 1.64 bits per heavy atom. The minimum atomic E-state index is -1.04. The second-order valence-electron chi connectivity index (χ2n) is 3.21. The standard InChI is InChI=1S/C11H12O3/c1-8-2-4-9(5-3-8)11(14)10(6-12)7-13/h2-7,10-11,14H,1H3/t11-/m0/s1. The van der Waals surface area contributed by atoms with Crippen LogP contribution in [0.25, 0.3) is 0 Å². The van der Waals surface area contributed by atoms with Crippen LogP contribution in [0.15, 0.2) is 24.3 Å². The van der Waals surface area contributed by atoms with Gasteiger partial charge in [0, 0.05) is 0 Å². The van der Waals surface area contributed by atoms with Gasteiger partial charge in [-0.1, -0.05) is 29.8 Å². The van der Waals surface area contributed by atoms with Gasteiger partial charge in [0.25, 0.3) is 0 Å². The van der Waals surface area contributed by atoms with E-state index in [0.717, 1.165) is 5.56 Å². The Morgan fingerprint density at radius 3 is 2.07 bits per heavy atom. The zero-order valence-corrected chi connectivity index (χ0v) is 7.88. The first-order valence-corrected chi connectivity index (χ1v) is 4.34. The molecule has 3 heteroatoms. The van der Waals surface area contributed by atoms with Crippen LogP contribution in [0.2, 0.25) is 0 Å². The van der Waals surface area contributed by atoms with Crippen molar-refractivity contribution in [2.24, 2.45) is 5.92 Å². The number of hydrogen-bond donors (Lipinski definition) is 1. The number of aliphatic hydroxyl groups is 1. The first-order chi connectivity index (χ1) is 6.69. The Kier molecular flexibility index (Phi) is 3.54. The number of carbonyl (C=O) groups excluding carboxylic acids is 2. The molecule has 14 heavy (non-hydrogen) atoms. The second-order valence-corrected chi connectivity index (χ2v) is 3.21. The molecule has 0 unspecified atom stereocenters. The highest BCUT2D eigenvalue weighted by atomic mass is 16.3. The molecule has 0 saturated carbocycles. The summed E-state index contributed by atoms with van der Waals surface area (Å²) in [5.41, 5.74) is 1.65. The number of aryl methyl sites for hydroxylation is 1. The molecular weight excluding hydrogens is 180 g/mol. The average Bonchev–Trinajstić information content (AvgIpc) is 2.20. The van der Waals surface area contributed by atoms with Gasteiger partial charge in [-0.2, -0.15) is 0 Å². The zero-order valence-electron chi connectivity index (χ0n) is 7.88. The zero-order chi connectivity index (χ0) is 10.6. The Balaban J connectivity index is 2.87. The third-order valence-corrected chi connectivity index (χ3v) is 2.10. The van der Waals surface area contributed by atoms with Crippen molar-refractivity contribution < 1.29 is 14.7 Å².